The number of nitrogens with two attached hydrogens (primary N) is 1. The lowest BCUT2D eigenvalue weighted by atomic mass is 10.1. The molecule has 0 aliphatic rings. The number of carbonyl (C=O) groups excluding carboxylic acids is 2. The van der Waals surface area contributed by atoms with E-state index in [9.17, 15) is 9.59 Å². The van der Waals surface area contributed by atoms with Gasteiger partial charge >= 0.3 is 5.97 Å². The van der Waals surface area contributed by atoms with Crippen LogP contribution >= 0.6 is 11.3 Å². The number of anilines is 1. The van der Waals surface area contributed by atoms with Crippen molar-refractivity contribution >= 4 is 28.1 Å². The topological polar surface area (TPSA) is 69.4 Å². The standard InChI is InChI=1S/C10H13NO3S/c1-5(2)8(12)7-4-6(9(11)15-7)10(13)14-3/h4-5H,11H2,1-3H3. The van der Waals surface area contributed by atoms with Gasteiger partial charge in [0.15, 0.2) is 5.78 Å². The molecule has 0 aliphatic heterocycles. The van der Waals surface area contributed by atoms with Gasteiger partial charge in [-0.1, -0.05) is 13.8 Å². The molecule has 0 aliphatic carbocycles. The third-order valence-corrected chi connectivity index (χ3v) is 2.91. The monoisotopic (exact) mass is 227 g/mol. The lowest BCUT2D eigenvalue weighted by Crippen LogP contribution is -2.05. The van der Waals surface area contributed by atoms with Crippen molar-refractivity contribution in [2.45, 2.75) is 13.8 Å². The maximum absolute atomic E-state index is 11.6. The van der Waals surface area contributed by atoms with Crippen molar-refractivity contribution in [3.05, 3.63) is 16.5 Å². The molecule has 0 fully saturated rings. The van der Waals surface area contributed by atoms with Crippen molar-refractivity contribution in [3.63, 3.8) is 0 Å². The maximum Gasteiger partial charge on any atom is 0.340 e. The molecule has 1 aromatic heterocycles. The molecule has 4 nitrogen and oxygen atoms in total. The normalized spacial score (nSPS) is 10.4. The summed E-state index contributed by atoms with van der Waals surface area (Å²) in [6.07, 6.45) is 0. The van der Waals surface area contributed by atoms with E-state index in [0.29, 0.717) is 9.88 Å². The molecular weight excluding hydrogens is 214 g/mol. The molecule has 2 N–H and O–H groups in total. The average molecular weight is 227 g/mol. The van der Waals surface area contributed by atoms with E-state index in [1.807, 2.05) is 0 Å². The summed E-state index contributed by atoms with van der Waals surface area (Å²) in [5.41, 5.74) is 5.89. The summed E-state index contributed by atoms with van der Waals surface area (Å²) in [7, 11) is 1.28. The Balaban J connectivity index is 3.06. The second-order valence-corrected chi connectivity index (χ2v) is 4.48. The van der Waals surface area contributed by atoms with Crippen LogP contribution in [0.1, 0.15) is 33.9 Å². The lowest BCUT2D eigenvalue weighted by molar-refractivity contribution is 0.0602. The number of methoxy groups -OCH3 is 1. The largest absolute Gasteiger partial charge is 0.465 e. The van der Waals surface area contributed by atoms with Gasteiger partial charge in [-0.15, -0.1) is 11.3 Å². The Morgan fingerprint density at radius 2 is 2.07 bits per heavy atom. The number of hydrogen-bond acceptors (Lipinski definition) is 5. The van der Waals surface area contributed by atoms with E-state index in [-0.39, 0.29) is 17.3 Å². The van der Waals surface area contributed by atoms with Crippen molar-refractivity contribution < 1.29 is 14.3 Å². The first kappa shape index (κ1) is 11.7. The zero-order chi connectivity index (χ0) is 11.6. The van der Waals surface area contributed by atoms with E-state index >= 15 is 0 Å². The van der Waals surface area contributed by atoms with E-state index in [1.165, 1.54) is 13.2 Å². The Kier molecular flexibility index (Phi) is 3.47. The van der Waals surface area contributed by atoms with Crippen LogP contribution in [0.25, 0.3) is 0 Å². The molecular formula is C10H13NO3S. The first-order valence-electron chi connectivity index (χ1n) is 4.49. The first-order chi connectivity index (χ1) is 6.97. The molecule has 1 heterocycles. The number of carbonyl (C=O) groups is 2. The van der Waals surface area contributed by atoms with Gasteiger partial charge in [-0.2, -0.15) is 0 Å². The fourth-order valence-corrected chi connectivity index (χ4v) is 2.08. The summed E-state index contributed by atoms with van der Waals surface area (Å²) in [6, 6.07) is 1.49. The van der Waals surface area contributed by atoms with Crippen LogP contribution in [0.15, 0.2) is 6.07 Å². The van der Waals surface area contributed by atoms with Crippen LogP contribution in [0.2, 0.25) is 0 Å². The molecule has 0 bridgehead atoms. The zero-order valence-electron chi connectivity index (χ0n) is 8.87. The maximum atomic E-state index is 11.6. The van der Waals surface area contributed by atoms with Crippen LogP contribution < -0.4 is 5.73 Å². The molecule has 15 heavy (non-hydrogen) atoms. The first-order valence-corrected chi connectivity index (χ1v) is 5.30. The highest BCUT2D eigenvalue weighted by molar-refractivity contribution is 7.18. The van der Waals surface area contributed by atoms with E-state index in [0.717, 1.165) is 11.3 Å². The zero-order valence-corrected chi connectivity index (χ0v) is 9.68. The molecule has 0 spiro atoms. The highest BCUT2D eigenvalue weighted by Crippen LogP contribution is 2.27. The molecule has 0 unspecified atom stereocenters. The van der Waals surface area contributed by atoms with Gasteiger partial charge in [-0.25, -0.2) is 4.79 Å². The average Bonchev–Trinajstić information content (AvgIpc) is 2.57. The summed E-state index contributed by atoms with van der Waals surface area (Å²) < 4.78 is 4.55. The molecule has 5 heteroatoms. The van der Waals surface area contributed by atoms with Gasteiger partial charge < -0.3 is 10.5 Å². The van der Waals surface area contributed by atoms with Gasteiger partial charge in [-0.05, 0) is 6.07 Å². The predicted molar refractivity (Wildman–Crippen MR) is 59.2 cm³/mol. The number of Topliss-reactive ketones (excluding diaryl/α,β-unsaturated/α-hetero) is 1. The number of nitrogen functional groups attached to an aromatic ring is 1. The van der Waals surface area contributed by atoms with Gasteiger partial charge in [-0.3, -0.25) is 4.79 Å². The number of esters is 1. The Labute approximate surface area is 92.0 Å². The Morgan fingerprint density at radius 1 is 1.47 bits per heavy atom. The number of ketones is 1. The lowest BCUT2D eigenvalue weighted by Gasteiger charge is -1.98. The van der Waals surface area contributed by atoms with Crippen molar-refractivity contribution in [1.82, 2.24) is 0 Å². The second-order valence-electron chi connectivity index (χ2n) is 3.40. The van der Waals surface area contributed by atoms with Crippen molar-refractivity contribution in [1.29, 1.82) is 0 Å². The SMILES string of the molecule is COC(=O)c1cc(C(=O)C(C)C)sc1N. The summed E-state index contributed by atoms with van der Waals surface area (Å²) in [5.74, 6) is -0.623. The van der Waals surface area contributed by atoms with Gasteiger partial charge in [0, 0.05) is 5.92 Å². The van der Waals surface area contributed by atoms with Gasteiger partial charge in [0.2, 0.25) is 0 Å². The molecule has 0 radical (unpaired) electrons. The molecule has 82 valence electrons. The van der Waals surface area contributed by atoms with E-state index in [4.69, 9.17) is 5.73 Å². The Bertz CT molecular complexity index is 395. The summed E-state index contributed by atoms with van der Waals surface area (Å²) >= 11 is 1.12. The van der Waals surface area contributed by atoms with Gasteiger partial charge in [0.25, 0.3) is 0 Å². The van der Waals surface area contributed by atoms with Crippen molar-refractivity contribution in [2.24, 2.45) is 5.92 Å². The highest BCUT2D eigenvalue weighted by Gasteiger charge is 2.19. The quantitative estimate of drug-likeness (QED) is 0.633. The number of rotatable bonds is 3. The fourth-order valence-electron chi connectivity index (χ4n) is 1.08. The minimum atomic E-state index is -0.508. The van der Waals surface area contributed by atoms with Crippen LogP contribution in [-0.4, -0.2) is 18.9 Å². The minimum absolute atomic E-state index is 0.0122. The number of ether oxygens (including phenoxy) is 1. The van der Waals surface area contributed by atoms with Crippen molar-refractivity contribution in [2.75, 3.05) is 12.8 Å². The summed E-state index contributed by atoms with van der Waals surface area (Å²) in [5, 5.41) is 0.325. The van der Waals surface area contributed by atoms with Crippen LogP contribution in [0, 0.1) is 5.92 Å². The molecule has 0 amide bonds. The molecule has 0 aromatic carbocycles. The van der Waals surface area contributed by atoms with Crippen LogP contribution in [-0.2, 0) is 4.74 Å². The molecule has 0 saturated carbocycles. The Hall–Kier alpha value is -1.36. The van der Waals surface area contributed by atoms with E-state index < -0.39 is 5.97 Å². The highest BCUT2D eigenvalue weighted by atomic mass is 32.1. The molecule has 1 rings (SSSR count). The Morgan fingerprint density at radius 3 is 2.53 bits per heavy atom. The van der Waals surface area contributed by atoms with Crippen molar-refractivity contribution in [3.8, 4) is 0 Å². The van der Waals surface area contributed by atoms with Gasteiger partial charge in [0.05, 0.1) is 17.6 Å². The number of thiophene rings is 1. The van der Waals surface area contributed by atoms with Gasteiger partial charge in [0.1, 0.15) is 5.00 Å². The minimum Gasteiger partial charge on any atom is -0.465 e. The van der Waals surface area contributed by atoms with E-state index in [2.05, 4.69) is 4.74 Å². The molecule has 0 atom stereocenters. The fraction of sp³-hybridized carbons (Fsp3) is 0.400. The summed E-state index contributed by atoms with van der Waals surface area (Å²) in [6.45, 7) is 3.60. The third kappa shape index (κ3) is 2.36. The molecule has 1 aromatic rings. The predicted octanol–water partition coefficient (Wildman–Crippen LogP) is 1.96. The van der Waals surface area contributed by atoms with Crippen LogP contribution in [0.3, 0.4) is 0 Å². The van der Waals surface area contributed by atoms with Crippen LogP contribution in [0.5, 0.6) is 0 Å². The molecule has 0 saturated heterocycles. The smallest absolute Gasteiger partial charge is 0.340 e. The van der Waals surface area contributed by atoms with E-state index in [1.54, 1.807) is 13.8 Å². The number of hydrogen-bond donors (Lipinski definition) is 1. The third-order valence-electron chi connectivity index (χ3n) is 1.93. The summed E-state index contributed by atoms with van der Waals surface area (Å²) in [4.78, 5) is 23.4. The van der Waals surface area contributed by atoms with Crippen LogP contribution in [0.4, 0.5) is 5.00 Å². The second kappa shape index (κ2) is 4.44.